The van der Waals surface area contributed by atoms with Crippen molar-refractivity contribution in [3.63, 3.8) is 0 Å². The number of carbonyl (C=O) groups excluding carboxylic acids is 1. The molecule has 1 unspecified atom stereocenters. The monoisotopic (exact) mass is 292 g/mol. The lowest BCUT2D eigenvalue weighted by molar-refractivity contribution is -0.117. The zero-order chi connectivity index (χ0) is 15.1. The van der Waals surface area contributed by atoms with Crippen molar-refractivity contribution in [3.05, 3.63) is 35.0 Å². The maximum absolute atomic E-state index is 11.8. The van der Waals surface area contributed by atoms with E-state index in [0.29, 0.717) is 16.4 Å². The summed E-state index contributed by atoms with van der Waals surface area (Å²) in [6.07, 6.45) is 2.14. The van der Waals surface area contributed by atoms with Crippen molar-refractivity contribution < 1.29 is 4.79 Å². The van der Waals surface area contributed by atoms with Crippen LogP contribution in [0, 0.1) is 11.3 Å². The third-order valence-corrected chi connectivity index (χ3v) is 3.07. The molecule has 1 aromatic rings. The van der Waals surface area contributed by atoms with Crippen molar-refractivity contribution in [2.75, 3.05) is 11.1 Å². The van der Waals surface area contributed by atoms with Crippen LogP contribution in [0.3, 0.4) is 0 Å². The summed E-state index contributed by atoms with van der Waals surface area (Å²) in [5.74, 6) is -0.407. The molecule has 4 N–H and O–H groups in total. The molecule has 0 radical (unpaired) electrons. The number of amides is 1. The molecule has 1 rings (SSSR count). The summed E-state index contributed by atoms with van der Waals surface area (Å²) in [4.78, 5) is 11.8. The molecule has 0 bridgehead atoms. The van der Waals surface area contributed by atoms with Gasteiger partial charge >= 0.3 is 0 Å². The molecule has 0 fully saturated rings. The molecule has 0 aliphatic carbocycles. The highest BCUT2D eigenvalue weighted by Crippen LogP contribution is 2.22. The zero-order valence-corrected chi connectivity index (χ0v) is 12.2. The Morgan fingerprint density at radius 3 is 2.85 bits per heavy atom. The fourth-order valence-corrected chi connectivity index (χ4v) is 1.51. The molecule has 1 atom stereocenters. The average molecular weight is 293 g/mol. The minimum absolute atomic E-state index is 0.00162. The summed E-state index contributed by atoms with van der Waals surface area (Å²) in [5.41, 5.74) is 6.71. The number of nitrogens with two attached hydrogens (primary N) is 1. The van der Waals surface area contributed by atoms with Gasteiger partial charge in [0.05, 0.1) is 10.7 Å². The van der Waals surface area contributed by atoms with Gasteiger partial charge in [-0.25, -0.2) is 0 Å². The van der Waals surface area contributed by atoms with Crippen LogP contribution in [0.25, 0.3) is 0 Å². The zero-order valence-electron chi connectivity index (χ0n) is 11.4. The first-order chi connectivity index (χ1) is 9.47. The van der Waals surface area contributed by atoms with E-state index in [1.54, 1.807) is 18.2 Å². The Bertz CT molecular complexity index is 563. The molecule has 1 amide bonds. The Morgan fingerprint density at radius 2 is 2.30 bits per heavy atom. The summed E-state index contributed by atoms with van der Waals surface area (Å²) in [6.45, 7) is 3.83. The van der Waals surface area contributed by atoms with Gasteiger partial charge in [0.25, 0.3) is 5.91 Å². The molecule has 20 heavy (non-hydrogen) atoms. The maximum Gasteiger partial charge on any atom is 0.263 e. The highest BCUT2D eigenvalue weighted by atomic mass is 35.5. The third-order valence-electron chi connectivity index (χ3n) is 2.74. The van der Waals surface area contributed by atoms with E-state index < -0.39 is 5.91 Å². The number of nitrogens with one attached hydrogen (secondary N) is 2. The Labute approximate surface area is 123 Å². The van der Waals surface area contributed by atoms with Crippen LogP contribution in [0.1, 0.15) is 20.3 Å². The Hall–Kier alpha value is -2.19. The summed E-state index contributed by atoms with van der Waals surface area (Å²) in [7, 11) is 0. The van der Waals surface area contributed by atoms with Crippen molar-refractivity contribution in [2.24, 2.45) is 0 Å². The van der Waals surface area contributed by atoms with Crippen molar-refractivity contribution in [3.8, 4) is 6.07 Å². The lowest BCUT2D eigenvalue weighted by Crippen LogP contribution is -2.33. The normalized spacial score (nSPS) is 12.4. The number of anilines is 2. The lowest BCUT2D eigenvalue weighted by atomic mass is 10.2. The molecule has 0 spiro atoms. The predicted octanol–water partition coefficient (Wildman–Crippen LogP) is 2.66. The molecule has 0 saturated heterocycles. The number of hydrogen-bond acceptors (Lipinski definition) is 4. The first-order valence-corrected chi connectivity index (χ1v) is 6.58. The summed E-state index contributed by atoms with van der Waals surface area (Å²) in [6, 6.07) is 6.85. The van der Waals surface area contributed by atoms with Crippen LogP contribution in [0.2, 0.25) is 5.02 Å². The van der Waals surface area contributed by atoms with Crippen LogP contribution >= 0.6 is 11.6 Å². The second-order valence-electron chi connectivity index (χ2n) is 4.33. The van der Waals surface area contributed by atoms with Crippen LogP contribution in [0.4, 0.5) is 11.4 Å². The number of rotatable bonds is 5. The molecule has 1 aromatic carbocycles. The van der Waals surface area contributed by atoms with Gasteiger partial charge in [0.1, 0.15) is 11.6 Å². The first-order valence-electron chi connectivity index (χ1n) is 6.20. The minimum Gasteiger partial charge on any atom is -0.398 e. The topological polar surface area (TPSA) is 90.9 Å². The van der Waals surface area contributed by atoms with Gasteiger partial charge in [-0.15, -0.1) is 0 Å². The van der Waals surface area contributed by atoms with E-state index in [4.69, 9.17) is 22.6 Å². The predicted molar refractivity (Wildman–Crippen MR) is 81.1 cm³/mol. The molecule has 0 saturated carbocycles. The summed E-state index contributed by atoms with van der Waals surface area (Å²) in [5, 5.41) is 15.0. The van der Waals surface area contributed by atoms with E-state index in [9.17, 15) is 4.79 Å². The Morgan fingerprint density at radius 1 is 1.60 bits per heavy atom. The third kappa shape index (κ3) is 4.48. The highest BCUT2D eigenvalue weighted by molar-refractivity contribution is 6.33. The summed E-state index contributed by atoms with van der Waals surface area (Å²) >= 11 is 5.88. The minimum atomic E-state index is -0.407. The van der Waals surface area contributed by atoms with Gasteiger partial charge in [-0.1, -0.05) is 18.5 Å². The van der Waals surface area contributed by atoms with E-state index in [2.05, 4.69) is 10.6 Å². The fourth-order valence-electron chi connectivity index (χ4n) is 1.32. The van der Waals surface area contributed by atoms with Crippen molar-refractivity contribution in [2.45, 2.75) is 26.3 Å². The summed E-state index contributed by atoms with van der Waals surface area (Å²) < 4.78 is 0. The molecule has 0 aliphatic rings. The lowest BCUT2D eigenvalue weighted by Gasteiger charge is -2.10. The maximum atomic E-state index is 11.8. The number of benzene rings is 1. The number of nitrogen functional groups attached to an aromatic ring is 1. The second-order valence-corrected chi connectivity index (χ2v) is 4.74. The van der Waals surface area contributed by atoms with Gasteiger partial charge in [0, 0.05) is 17.9 Å². The molecule has 5 nitrogen and oxygen atoms in total. The first kappa shape index (κ1) is 15.9. The quantitative estimate of drug-likeness (QED) is 0.442. The van der Waals surface area contributed by atoms with Crippen LogP contribution in [-0.4, -0.2) is 11.9 Å². The fraction of sp³-hybridized carbons (Fsp3) is 0.286. The molecule has 0 heterocycles. The number of nitriles is 1. The number of halogens is 1. The van der Waals surface area contributed by atoms with Gasteiger partial charge < -0.3 is 16.4 Å². The van der Waals surface area contributed by atoms with Crippen LogP contribution < -0.4 is 16.4 Å². The standard InChI is InChI=1S/C14H17ClN4O/c1-3-9(2)19-14(20)10(7-16)8-18-11-4-5-13(17)12(15)6-11/h4-6,8-9,18H,3,17H2,1-2H3,(H,19,20)/b10-8-. The van der Waals surface area contributed by atoms with Gasteiger partial charge in [-0.05, 0) is 31.5 Å². The van der Waals surface area contributed by atoms with Crippen molar-refractivity contribution in [1.29, 1.82) is 5.26 Å². The SMILES string of the molecule is CCC(C)NC(=O)/C(C#N)=C\Nc1ccc(N)c(Cl)c1. The van der Waals surface area contributed by atoms with E-state index in [-0.39, 0.29) is 11.6 Å². The van der Waals surface area contributed by atoms with Crippen molar-refractivity contribution >= 4 is 28.9 Å². The largest absolute Gasteiger partial charge is 0.398 e. The molecule has 6 heteroatoms. The molecule has 0 aromatic heterocycles. The molecular weight excluding hydrogens is 276 g/mol. The highest BCUT2D eigenvalue weighted by Gasteiger charge is 2.11. The van der Waals surface area contributed by atoms with Crippen LogP contribution in [0.5, 0.6) is 0 Å². The van der Waals surface area contributed by atoms with E-state index >= 15 is 0 Å². The number of carbonyl (C=O) groups is 1. The smallest absolute Gasteiger partial charge is 0.263 e. The average Bonchev–Trinajstić information content (AvgIpc) is 2.43. The van der Waals surface area contributed by atoms with Crippen LogP contribution in [-0.2, 0) is 4.79 Å². The molecular formula is C14H17ClN4O. The number of hydrogen-bond donors (Lipinski definition) is 3. The van der Waals surface area contributed by atoms with E-state index in [1.807, 2.05) is 19.9 Å². The molecule has 106 valence electrons. The van der Waals surface area contributed by atoms with Gasteiger partial charge in [0.15, 0.2) is 0 Å². The van der Waals surface area contributed by atoms with Crippen molar-refractivity contribution in [1.82, 2.24) is 5.32 Å². The Balaban J connectivity index is 2.77. The molecule has 0 aliphatic heterocycles. The second kappa shape index (κ2) is 7.41. The van der Waals surface area contributed by atoms with E-state index in [1.165, 1.54) is 6.20 Å². The van der Waals surface area contributed by atoms with Gasteiger partial charge in [0.2, 0.25) is 0 Å². The number of nitrogens with zero attached hydrogens (tertiary/aromatic N) is 1. The van der Waals surface area contributed by atoms with Gasteiger partial charge in [-0.3, -0.25) is 4.79 Å². The van der Waals surface area contributed by atoms with Gasteiger partial charge in [-0.2, -0.15) is 5.26 Å². The van der Waals surface area contributed by atoms with Crippen LogP contribution in [0.15, 0.2) is 30.0 Å². The Kier molecular flexibility index (Phi) is 5.88. The van der Waals surface area contributed by atoms with E-state index in [0.717, 1.165) is 6.42 Å².